The van der Waals surface area contributed by atoms with E-state index in [-0.39, 0.29) is 10.6 Å². The van der Waals surface area contributed by atoms with Crippen molar-refractivity contribution in [3.8, 4) is 0 Å². The minimum atomic E-state index is -0.639. The molecule has 0 amide bonds. The summed E-state index contributed by atoms with van der Waals surface area (Å²) in [6.45, 7) is 2.59. The summed E-state index contributed by atoms with van der Waals surface area (Å²) in [7, 11) is 0. The summed E-state index contributed by atoms with van der Waals surface area (Å²) in [6, 6.07) is 2.01. The summed E-state index contributed by atoms with van der Waals surface area (Å²) in [5.74, 6) is 0.706. The molecule has 6 heteroatoms. The fourth-order valence-corrected chi connectivity index (χ4v) is 3.44. The van der Waals surface area contributed by atoms with Crippen LogP contribution < -0.4 is 4.90 Å². The summed E-state index contributed by atoms with van der Waals surface area (Å²) in [6.07, 6.45) is 4.11. The number of aliphatic hydroxyl groups is 1. The van der Waals surface area contributed by atoms with E-state index in [0.29, 0.717) is 16.8 Å². The number of rotatable bonds is 6. The van der Waals surface area contributed by atoms with Crippen LogP contribution in [0.25, 0.3) is 0 Å². The lowest BCUT2D eigenvalue weighted by Gasteiger charge is -2.22. The first-order valence-electron chi connectivity index (χ1n) is 6.79. The van der Waals surface area contributed by atoms with Gasteiger partial charge in [0.05, 0.1) is 11.0 Å². The summed E-state index contributed by atoms with van der Waals surface area (Å²) in [4.78, 5) is 13.8. The lowest BCUT2D eigenvalue weighted by atomic mass is 10.3. The molecule has 0 spiro atoms. The second-order valence-corrected chi connectivity index (χ2v) is 6.66. The molecule has 1 N–H and O–H groups in total. The zero-order valence-corrected chi connectivity index (χ0v) is 11.7. The number of hydrogen-bond acceptors (Lipinski definition) is 5. The lowest BCUT2D eigenvalue weighted by Crippen LogP contribution is -2.27. The van der Waals surface area contributed by atoms with Crippen molar-refractivity contribution in [3.05, 3.63) is 21.1 Å². The maximum Gasteiger partial charge on any atom is 0.304 e. The Morgan fingerprint density at radius 2 is 2.21 bits per heavy atom. The highest BCUT2D eigenvalue weighted by Gasteiger charge is 2.38. The van der Waals surface area contributed by atoms with Crippen molar-refractivity contribution in [2.24, 2.45) is 5.92 Å². The standard InChI is InChI=1S/C13H18N2O3S/c1-8(16)12-6-11(15(17)18)13(19-12)14(10-4-5-10)7-9-2-3-9/h6,8-10,16H,2-5,7H2,1H3/t8-/m1/s1. The molecule has 0 unspecified atom stereocenters. The number of nitrogens with zero attached hydrogens (tertiary/aromatic N) is 2. The fourth-order valence-electron chi connectivity index (χ4n) is 2.29. The first-order chi connectivity index (χ1) is 9.06. The second kappa shape index (κ2) is 4.76. The summed E-state index contributed by atoms with van der Waals surface area (Å²) in [5.41, 5.74) is 0.161. The molecule has 2 fully saturated rings. The van der Waals surface area contributed by atoms with Crippen molar-refractivity contribution in [1.29, 1.82) is 0 Å². The Morgan fingerprint density at radius 3 is 2.68 bits per heavy atom. The molecule has 2 saturated carbocycles. The van der Waals surface area contributed by atoms with Gasteiger partial charge in [0.1, 0.15) is 0 Å². The third-order valence-corrected chi connectivity index (χ3v) is 5.05. The topological polar surface area (TPSA) is 66.6 Å². The summed E-state index contributed by atoms with van der Waals surface area (Å²) >= 11 is 1.38. The Balaban J connectivity index is 1.92. The lowest BCUT2D eigenvalue weighted by molar-refractivity contribution is -0.383. The second-order valence-electron chi connectivity index (χ2n) is 5.60. The minimum absolute atomic E-state index is 0.161. The molecule has 0 saturated heterocycles. The van der Waals surface area contributed by atoms with Crippen molar-refractivity contribution >= 4 is 22.0 Å². The van der Waals surface area contributed by atoms with E-state index in [1.807, 2.05) is 0 Å². The van der Waals surface area contributed by atoms with Crippen LogP contribution in [0, 0.1) is 16.0 Å². The molecule has 1 heterocycles. The highest BCUT2D eigenvalue weighted by Crippen LogP contribution is 2.46. The van der Waals surface area contributed by atoms with Gasteiger partial charge in [-0.3, -0.25) is 10.1 Å². The quantitative estimate of drug-likeness (QED) is 0.643. The predicted molar refractivity (Wildman–Crippen MR) is 74.7 cm³/mol. The van der Waals surface area contributed by atoms with Gasteiger partial charge in [0.15, 0.2) is 5.00 Å². The Bertz CT molecular complexity index is 492. The van der Waals surface area contributed by atoms with E-state index in [1.54, 1.807) is 6.92 Å². The molecule has 104 valence electrons. The van der Waals surface area contributed by atoms with Gasteiger partial charge in [-0.2, -0.15) is 0 Å². The van der Waals surface area contributed by atoms with E-state index in [9.17, 15) is 15.2 Å². The Kier molecular flexibility index (Phi) is 3.22. The fraction of sp³-hybridized carbons (Fsp3) is 0.692. The third-order valence-electron chi connectivity index (χ3n) is 3.72. The highest BCUT2D eigenvalue weighted by atomic mass is 32.1. The van der Waals surface area contributed by atoms with Gasteiger partial charge >= 0.3 is 5.69 Å². The van der Waals surface area contributed by atoms with Gasteiger partial charge in [-0.15, -0.1) is 11.3 Å². The average Bonchev–Trinajstić information content (AvgIpc) is 3.23. The molecule has 1 atom stereocenters. The molecule has 2 aliphatic carbocycles. The highest BCUT2D eigenvalue weighted by molar-refractivity contribution is 7.16. The molecular formula is C13H18N2O3S. The van der Waals surface area contributed by atoms with Gasteiger partial charge in [-0.25, -0.2) is 0 Å². The molecule has 2 aliphatic rings. The van der Waals surface area contributed by atoms with Crippen molar-refractivity contribution in [1.82, 2.24) is 0 Å². The SMILES string of the molecule is C[C@@H](O)c1cc([N+](=O)[O-])c(N(CC2CC2)C2CC2)s1. The van der Waals surface area contributed by atoms with Crippen LogP contribution in [0.5, 0.6) is 0 Å². The molecule has 0 bridgehead atoms. The third kappa shape index (κ3) is 2.74. The molecule has 0 aromatic carbocycles. The van der Waals surface area contributed by atoms with E-state index in [1.165, 1.54) is 30.2 Å². The van der Waals surface area contributed by atoms with E-state index in [2.05, 4.69) is 4.90 Å². The van der Waals surface area contributed by atoms with Gasteiger partial charge in [-0.05, 0) is 38.5 Å². The smallest absolute Gasteiger partial charge is 0.304 e. The summed E-state index contributed by atoms with van der Waals surface area (Å²) in [5, 5.41) is 21.6. The van der Waals surface area contributed by atoms with Gasteiger partial charge in [0.2, 0.25) is 0 Å². The van der Waals surface area contributed by atoms with Crippen molar-refractivity contribution in [2.45, 2.75) is 44.8 Å². The molecular weight excluding hydrogens is 264 g/mol. The Hall–Kier alpha value is -1.14. The van der Waals surface area contributed by atoms with Crippen LogP contribution in [0.3, 0.4) is 0 Å². The van der Waals surface area contributed by atoms with Gasteiger partial charge in [-0.1, -0.05) is 0 Å². The number of thiophene rings is 1. The molecule has 0 radical (unpaired) electrons. The van der Waals surface area contributed by atoms with E-state index < -0.39 is 6.10 Å². The normalized spacial score (nSPS) is 20.3. The van der Waals surface area contributed by atoms with E-state index in [0.717, 1.165) is 24.4 Å². The number of anilines is 1. The van der Waals surface area contributed by atoms with Gasteiger partial charge in [0.25, 0.3) is 0 Å². The van der Waals surface area contributed by atoms with Crippen LogP contribution >= 0.6 is 11.3 Å². The zero-order chi connectivity index (χ0) is 13.6. The predicted octanol–water partition coefficient (Wildman–Crippen LogP) is 3.09. The minimum Gasteiger partial charge on any atom is -0.388 e. The van der Waals surface area contributed by atoms with Gasteiger partial charge < -0.3 is 10.0 Å². The van der Waals surface area contributed by atoms with Crippen molar-refractivity contribution < 1.29 is 10.0 Å². The van der Waals surface area contributed by atoms with Crippen LogP contribution in [-0.2, 0) is 0 Å². The molecule has 5 nitrogen and oxygen atoms in total. The first-order valence-corrected chi connectivity index (χ1v) is 7.60. The van der Waals surface area contributed by atoms with Gasteiger partial charge in [0, 0.05) is 23.5 Å². The maximum absolute atomic E-state index is 11.2. The van der Waals surface area contributed by atoms with Crippen molar-refractivity contribution in [3.63, 3.8) is 0 Å². The van der Waals surface area contributed by atoms with Crippen LogP contribution in [0.4, 0.5) is 10.7 Å². The van der Waals surface area contributed by atoms with Crippen molar-refractivity contribution in [2.75, 3.05) is 11.4 Å². The molecule has 1 aromatic rings. The Labute approximate surface area is 116 Å². The zero-order valence-electron chi connectivity index (χ0n) is 10.9. The first kappa shape index (κ1) is 12.9. The van der Waals surface area contributed by atoms with Crippen LogP contribution in [0.2, 0.25) is 0 Å². The van der Waals surface area contributed by atoms with Crippen LogP contribution in [0.1, 0.15) is 43.6 Å². The van der Waals surface area contributed by atoms with E-state index in [4.69, 9.17) is 0 Å². The molecule has 0 aliphatic heterocycles. The monoisotopic (exact) mass is 282 g/mol. The molecule has 1 aromatic heterocycles. The average molecular weight is 282 g/mol. The number of hydrogen-bond donors (Lipinski definition) is 1. The molecule has 19 heavy (non-hydrogen) atoms. The number of aliphatic hydroxyl groups excluding tert-OH is 1. The van der Waals surface area contributed by atoms with E-state index >= 15 is 0 Å². The van der Waals surface area contributed by atoms with Crippen LogP contribution in [0.15, 0.2) is 6.07 Å². The molecule has 3 rings (SSSR count). The summed E-state index contributed by atoms with van der Waals surface area (Å²) < 4.78 is 0. The van der Waals surface area contributed by atoms with Crippen LogP contribution in [-0.4, -0.2) is 22.6 Å². The maximum atomic E-state index is 11.2. The largest absolute Gasteiger partial charge is 0.388 e. The Morgan fingerprint density at radius 1 is 1.53 bits per heavy atom. The number of nitro groups is 1.